The molecule has 1 unspecified atom stereocenters. The van der Waals surface area contributed by atoms with Crippen LogP contribution in [0.3, 0.4) is 0 Å². The highest BCUT2D eigenvalue weighted by Gasteiger charge is 2.20. The molecule has 0 spiro atoms. The number of aromatic nitrogens is 2. The van der Waals surface area contributed by atoms with E-state index in [1.807, 2.05) is 56.3 Å². The Morgan fingerprint density at radius 1 is 1.28 bits per heavy atom. The number of nitrogens with one attached hydrogen (secondary N) is 1. The largest absolute Gasteiger partial charge is 0.342 e. The maximum atomic E-state index is 9.21. The van der Waals surface area contributed by atoms with Crippen molar-refractivity contribution < 1.29 is 0 Å². The van der Waals surface area contributed by atoms with Crippen LogP contribution in [-0.4, -0.2) is 29.0 Å². The zero-order valence-corrected chi connectivity index (χ0v) is 10.8. The summed E-state index contributed by atoms with van der Waals surface area (Å²) in [6.07, 6.45) is 0. The number of nitrogens with zero attached hydrogens (tertiary/aromatic N) is 3. The summed E-state index contributed by atoms with van der Waals surface area (Å²) in [5, 5.41) is 9.21. The van der Waals surface area contributed by atoms with E-state index in [0.29, 0.717) is 0 Å². The van der Waals surface area contributed by atoms with Crippen LogP contribution >= 0.6 is 0 Å². The Kier molecular flexibility index (Phi) is 3.45. The smallest absolute Gasteiger partial charge is 0.142 e. The molecule has 4 heteroatoms. The summed E-state index contributed by atoms with van der Waals surface area (Å²) in [6, 6.07) is 11.9. The third kappa shape index (κ3) is 2.27. The lowest BCUT2D eigenvalue weighted by molar-refractivity contribution is 0.352. The lowest BCUT2D eigenvalue weighted by Crippen LogP contribution is -2.19. The minimum Gasteiger partial charge on any atom is -0.342 e. The van der Waals surface area contributed by atoms with Crippen molar-refractivity contribution in [3.05, 3.63) is 41.7 Å². The van der Waals surface area contributed by atoms with Crippen LogP contribution in [0.5, 0.6) is 0 Å². The molecule has 1 aromatic heterocycles. The maximum Gasteiger partial charge on any atom is 0.142 e. The summed E-state index contributed by atoms with van der Waals surface area (Å²) < 4.78 is 0. The van der Waals surface area contributed by atoms with Gasteiger partial charge in [0.05, 0.1) is 11.8 Å². The van der Waals surface area contributed by atoms with Gasteiger partial charge in [-0.05, 0) is 21.0 Å². The molecule has 4 nitrogen and oxygen atoms in total. The van der Waals surface area contributed by atoms with Crippen LogP contribution in [0.1, 0.15) is 17.4 Å². The fourth-order valence-corrected chi connectivity index (χ4v) is 1.89. The van der Waals surface area contributed by atoms with Crippen LogP contribution in [0.2, 0.25) is 0 Å². The number of hydrogen-bond donors (Lipinski definition) is 1. The van der Waals surface area contributed by atoms with E-state index >= 15 is 0 Å². The molecule has 0 aliphatic heterocycles. The summed E-state index contributed by atoms with van der Waals surface area (Å²) in [5.74, 6) is 0.810. The minimum absolute atomic E-state index is 0.321. The van der Waals surface area contributed by atoms with E-state index in [1.54, 1.807) is 0 Å². The van der Waals surface area contributed by atoms with Crippen molar-refractivity contribution in [3.8, 4) is 17.5 Å². The first-order valence-electron chi connectivity index (χ1n) is 5.81. The number of aryl methyl sites for hydroxylation is 1. The van der Waals surface area contributed by atoms with Crippen molar-refractivity contribution in [2.45, 2.75) is 13.0 Å². The molecule has 0 aliphatic carbocycles. The van der Waals surface area contributed by atoms with Crippen LogP contribution in [0.15, 0.2) is 30.3 Å². The first kappa shape index (κ1) is 12.3. The predicted molar refractivity (Wildman–Crippen MR) is 70.8 cm³/mol. The molecule has 1 N–H and O–H groups in total. The number of H-pyrrole nitrogens is 1. The molecule has 0 amide bonds. The van der Waals surface area contributed by atoms with E-state index in [9.17, 15) is 5.26 Å². The summed E-state index contributed by atoms with van der Waals surface area (Å²) >= 11 is 0. The summed E-state index contributed by atoms with van der Waals surface area (Å²) in [5.41, 5.74) is 2.76. The Balaban J connectivity index is 2.42. The summed E-state index contributed by atoms with van der Waals surface area (Å²) in [4.78, 5) is 9.65. The number of imidazole rings is 1. The lowest BCUT2D eigenvalue weighted by Gasteiger charge is -2.15. The van der Waals surface area contributed by atoms with Gasteiger partial charge in [-0.15, -0.1) is 0 Å². The average Bonchev–Trinajstić information content (AvgIpc) is 2.73. The van der Waals surface area contributed by atoms with Gasteiger partial charge in [0.2, 0.25) is 0 Å². The Bertz CT molecular complexity index is 563. The molecule has 0 aliphatic rings. The van der Waals surface area contributed by atoms with E-state index in [1.165, 1.54) is 0 Å². The highest BCUT2D eigenvalue weighted by Crippen LogP contribution is 2.23. The second-order valence-electron chi connectivity index (χ2n) is 4.46. The number of aromatic amines is 1. The van der Waals surface area contributed by atoms with Gasteiger partial charge >= 0.3 is 0 Å². The van der Waals surface area contributed by atoms with Gasteiger partial charge in [-0.3, -0.25) is 4.90 Å². The molecule has 1 atom stereocenters. The Hall–Kier alpha value is -2.12. The van der Waals surface area contributed by atoms with Crippen molar-refractivity contribution in [2.24, 2.45) is 0 Å². The molecule has 1 heterocycles. The van der Waals surface area contributed by atoms with Gasteiger partial charge in [-0.25, -0.2) is 4.98 Å². The zero-order valence-electron chi connectivity index (χ0n) is 10.8. The average molecular weight is 240 g/mol. The molecular weight excluding hydrogens is 224 g/mol. The molecule has 18 heavy (non-hydrogen) atoms. The van der Waals surface area contributed by atoms with E-state index in [4.69, 9.17) is 0 Å². The predicted octanol–water partition coefficient (Wildman–Crippen LogP) is 2.51. The van der Waals surface area contributed by atoms with E-state index in [-0.39, 0.29) is 6.04 Å². The van der Waals surface area contributed by atoms with Crippen molar-refractivity contribution in [3.63, 3.8) is 0 Å². The first-order valence-corrected chi connectivity index (χ1v) is 5.81. The fourth-order valence-electron chi connectivity index (χ4n) is 1.89. The fraction of sp³-hybridized carbons (Fsp3) is 0.286. The standard InChI is InChI=1S/C14H16N4/c1-10-13(12(9-15)18(2)3)17-14(16-10)11-7-5-4-6-8-11/h4-8,12H,1-3H3,(H,16,17). The Morgan fingerprint density at radius 2 is 1.94 bits per heavy atom. The van der Waals surface area contributed by atoms with Crippen LogP contribution < -0.4 is 0 Å². The number of hydrogen-bond acceptors (Lipinski definition) is 3. The monoisotopic (exact) mass is 240 g/mol. The normalized spacial score (nSPS) is 12.4. The van der Waals surface area contributed by atoms with Gasteiger partial charge in [0.15, 0.2) is 0 Å². The molecule has 1 aromatic carbocycles. The molecule has 2 rings (SSSR count). The lowest BCUT2D eigenvalue weighted by atomic mass is 10.2. The van der Waals surface area contributed by atoms with Crippen LogP contribution in [0.25, 0.3) is 11.4 Å². The molecule has 92 valence electrons. The van der Waals surface area contributed by atoms with Gasteiger partial charge in [-0.2, -0.15) is 5.26 Å². The summed E-state index contributed by atoms with van der Waals surface area (Å²) in [7, 11) is 3.76. The maximum absolute atomic E-state index is 9.21. The molecule has 0 saturated carbocycles. The van der Waals surface area contributed by atoms with Gasteiger partial charge in [-0.1, -0.05) is 30.3 Å². The highest BCUT2D eigenvalue weighted by atomic mass is 15.1. The van der Waals surface area contributed by atoms with Gasteiger partial charge in [0, 0.05) is 11.3 Å². The van der Waals surface area contributed by atoms with E-state index < -0.39 is 0 Å². The van der Waals surface area contributed by atoms with E-state index in [2.05, 4.69) is 16.0 Å². The molecule has 0 radical (unpaired) electrons. The minimum atomic E-state index is -0.321. The molecule has 0 saturated heterocycles. The van der Waals surface area contributed by atoms with Crippen molar-refractivity contribution in [1.82, 2.24) is 14.9 Å². The third-order valence-corrected chi connectivity index (χ3v) is 2.87. The topological polar surface area (TPSA) is 55.7 Å². The molecule has 2 aromatic rings. The molecule has 0 bridgehead atoms. The second-order valence-corrected chi connectivity index (χ2v) is 4.46. The summed E-state index contributed by atoms with van der Waals surface area (Å²) in [6.45, 7) is 1.95. The first-order chi connectivity index (χ1) is 8.63. The number of rotatable bonds is 3. The van der Waals surface area contributed by atoms with Gasteiger partial charge in [0.1, 0.15) is 11.9 Å². The SMILES string of the molecule is Cc1[nH]c(-c2ccccc2)nc1C(C#N)N(C)C. The van der Waals surface area contributed by atoms with Gasteiger partial charge < -0.3 is 4.98 Å². The second kappa shape index (κ2) is 5.03. The van der Waals surface area contributed by atoms with Gasteiger partial charge in [0.25, 0.3) is 0 Å². The van der Waals surface area contributed by atoms with Crippen molar-refractivity contribution in [2.75, 3.05) is 14.1 Å². The van der Waals surface area contributed by atoms with E-state index in [0.717, 1.165) is 22.8 Å². The molecule has 0 fully saturated rings. The van der Waals surface area contributed by atoms with Crippen LogP contribution in [0, 0.1) is 18.3 Å². The number of nitriles is 1. The Morgan fingerprint density at radius 3 is 2.50 bits per heavy atom. The molecular formula is C14H16N4. The quantitative estimate of drug-likeness (QED) is 0.896. The van der Waals surface area contributed by atoms with Crippen LogP contribution in [-0.2, 0) is 0 Å². The van der Waals surface area contributed by atoms with Crippen molar-refractivity contribution >= 4 is 0 Å². The highest BCUT2D eigenvalue weighted by molar-refractivity contribution is 5.56. The number of benzene rings is 1. The third-order valence-electron chi connectivity index (χ3n) is 2.87. The van der Waals surface area contributed by atoms with Crippen molar-refractivity contribution in [1.29, 1.82) is 5.26 Å². The Labute approximate surface area is 107 Å². The van der Waals surface area contributed by atoms with Crippen LogP contribution in [0.4, 0.5) is 0 Å². The zero-order chi connectivity index (χ0) is 13.1.